The Bertz CT molecular complexity index is 1330. The molecule has 0 bridgehead atoms. The van der Waals surface area contributed by atoms with Crippen LogP contribution in [0.3, 0.4) is 0 Å². The topological polar surface area (TPSA) is 51.6 Å². The van der Waals surface area contributed by atoms with E-state index in [2.05, 4.69) is 9.97 Å². The van der Waals surface area contributed by atoms with E-state index in [1.54, 1.807) is 18.2 Å². The molecule has 4 rings (SSSR count). The highest BCUT2D eigenvalue weighted by Gasteiger charge is 2.28. The summed E-state index contributed by atoms with van der Waals surface area (Å²) in [5.41, 5.74) is 2.58. The second-order valence-corrected chi connectivity index (χ2v) is 8.69. The van der Waals surface area contributed by atoms with E-state index in [9.17, 15) is 8.78 Å². The zero-order valence-corrected chi connectivity index (χ0v) is 19.1. The summed E-state index contributed by atoms with van der Waals surface area (Å²) in [5, 5.41) is 0.441. The van der Waals surface area contributed by atoms with Crippen molar-refractivity contribution >= 4 is 34.8 Å². The molecule has 162 valence electrons. The molecule has 4 aromatic heterocycles. The molecule has 0 aromatic carbocycles. The van der Waals surface area contributed by atoms with Crippen LogP contribution in [0.25, 0.3) is 22.5 Å². The van der Waals surface area contributed by atoms with E-state index in [0.29, 0.717) is 38.9 Å². The fourth-order valence-corrected chi connectivity index (χ4v) is 3.91. The molecule has 0 amide bonds. The molecular weight excluding hydrogens is 477 g/mol. The monoisotopic (exact) mass is 490 g/mol. The van der Waals surface area contributed by atoms with Crippen molar-refractivity contribution in [2.24, 2.45) is 0 Å². The Hall–Kier alpha value is -2.67. The van der Waals surface area contributed by atoms with E-state index < -0.39 is 17.3 Å². The van der Waals surface area contributed by atoms with Crippen LogP contribution in [0.15, 0.2) is 54.6 Å². The van der Waals surface area contributed by atoms with Gasteiger partial charge in [-0.3, -0.25) is 9.97 Å². The predicted molar refractivity (Wildman–Crippen MR) is 122 cm³/mol. The van der Waals surface area contributed by atoms with Crippen LogP contribution in [0.1, 0.15) is 25.2 Å². The molecule has 32 heavy (non-hydrogen) atoms. The van der Waals surface area contributed by atoms with Crippen molar-refractivity contribution in [1.29, 1.82) is 0 Å². The summed E-state index contributed by atoms with van der Waals surface area (Å²) in [6, 6.07) is 14.3. The molecule has 0 atom stereocenters. The van der Waals surface area contributed by atoms with Gasteiger partial charge in [0.05, 0.1) is 22.8 Å². The lowest BCUT2D eigenvalue weighted by atomic mass is 9.84. The summed E-state index contributed by atoms with van der Waals surface area (Å²) in [6.07, 6.45) is 0. The number of hydrogen-bond acceptors (Lipinski definition) is 4. The van der Waals surface area contributed by atoms with Crippen LogP contribution in [0.5, 0.6) is 0 Å². The first-order valence-electron chi connectivity index (χ1n) is 9.45. The van der Waals surface area contributed by atoms with Crippen LogP contribution in [0.4, 0.5) is 8.78 Å². The molecule has 0 spiro atoms. The summed E-state index contributed by atoms with van der Waals surface area (Å²) >= 11 is 18.6. The zero-order chi connectivity index (χ0) is 23.0. The average Bonchev–Trinajstić information content (AvgIpc) is 2.73. The van der Waals surface area contributed by atoms with Gasteiger partial charge in [0.15, 0.2) is 0 Å². The molecule has 0 aliphatic rings. The van der Waals surface area contributed by atoms with Crippen LogP contribution < -0.4 is 0 Å². The first-order valence-corrected chi connectivity index (χ1v) is 10.6. The second kappa shape index (κ2) is 8.70. The fourth-order valence-electron chi connectivity index (χ4n) is 3.23. The Labute approximate surface area is 198 Å². The summed E-state index contributed by atoms with van der Waals surface area (Å²) in [4.78, 5) is 16.7. The maximum Gasteiger partial charge on any atom is 0.214 e. The minimum atomic E-state index is -0.685. The minimum absolute atomic E-state index is 0.0119. The summed E-state index contributed by atoms with van der Waals surface area (Å²) < 4.78 is 26.7. The summed E-state index contributed by atoms with van der Waals surface area (Å²) in [5.74, 6) is -1.35. The number of nitrogens with zero attached hydrogens (tertiary/aromatic N) is 4. The van der Waals surface area contributed by atoms with E-state index in [4.69, 9.17) is 44.8 Å². The Morgan fingerprint density at radius 1 is 0.656 bits per heavy atom. The molecule has 4 nitrogen and oxygen atoms in total. The van der Waals surface area contributed by atoms with E-state index >= 15 is 0 Å². The van der Waals surface area contributed by atoms with E-state index in [1.807, 2.05) is 26.0 Å². The van der Waals surface area contributed by atoms with Crippen molar-refractivity contribution in [2.75, 3.05) is 0 Å². The highest BCUT2D eigenvalue weighted by atomic mass is 35.5. The molecule has 9 heteroatoms. The largest absolute Gasteiger partial charge is 0.252 e. The zero-order valence-electron chi connectivity index (χ0n) is 16.9. The van der Waals surface area contributed by atoms with Gasteiger partial charge in [-0.25, -0.2) is 9.97 Å². The molecule has 0 saturated heterocycles. The van der Waals surface area contributed by atoms with Gasteiger partial charge in [-0.15, -0.1) is 0 Å². The SMILES string of the molecule is CC(C)(c1cccc(-c2ccc(F)nc2Cl)n1)c1cc(Cl)cc(-c2ccc(F)nc2Cl)n1. The van der Waals surface area contributed by atoms with Gasteiger partial charge in [0, 0.05) is 21.6 Å². The number of pyridine rings is 4. The second-order valence-electron chi connectivity index (χ2n) is 7.53. The van der Waals surface area contributed by atoms with Gasteiger partial charge in [0.1, 0.15) is 10.3 Å². The molecule has 4 heterocycles. The molecule has 0 N–H and O–H groups in total. The molecule has 0 unspecified atom stereocenters. The van der Waals surface area contributed by atoms with Gasteiger partial charge < -0.3 is 0 Å². The first-order chi connectivity index (χ1) is 15.1. The molecule has 0 saturated carbocycles. The van der Waals surface area contributed by atoms with Gasteiger partial charge in [-0.05, 0) is 62.4 Å². The number of hydrogen-bond donors (Lipinski definition) is 0. The van der Waals surface area contributed by atoms with Crippen molar-refractivity contribution in [2.45, 2.75) is 19.3 Å². The van der Waals surface area contributed by atoms with Gasteiger partial charge >= 0.3 is 0 Å². The fraction of sp³-hybridized carbons (Fsp3) is 0.130. The average molecular weight is 492 g/mol. The third-order valence-electron chi connectivity index (χ3n) is 5.00. The molecule has 0 radical (unpaired) electrons. The highest BCUT2D eigenvalue weighted by Crippen LogP contribution is 2.35. The van der Waals surface area contributed by atoms with Crippen molar-refractivity contribution in [3.05, 3.63) is 93.2 Å². The summed E-state index contributed by atoms with van der Waals surface area (Å²) in [7, 11) is 0. The normalized spacial score (nSPS) is 11.6. The van der Waals surface area contributed by atoms with Crippen LogP contribution in [-0.2, 0) is 5.41 Å². The molecule has 4 aromatic rings. The van der Waals surface area contributed by atoms with E-state index in [1.165, 1.54) is 24.3 Å². The van der Waals surface area contributed by atoms with E-state index in [0.717, 1.165) is 0 Å². The lowest BCUT2D eigenvalue weighted by Gasteiger charge is -2.25. The Morgan fingerprint density at radius 3 is 1.81 bits per heavy atom. The number of aromatic nitrogens is 4. The maximum atomic E-state index is 13.4. The van der Waals surface area contributed by atoms with Gasteiger partial charge in [-0.2, -0.15) is 8.78 Å². The molecule has 0 aliphatic heterocycles. The Balaban J connectivity index is 1.79. The number of rotatable bonds is 4. The van der Waals surface area contributed by atoms with Gasteiger partial charge in [0.25, 0.3) is 0 Å². The Morgan fingerprint density at radius 2 is 1.22 bits per heavy atom. The van der Waals surface area contributed by atoms with E-state index in [-0.39, 0.29) is 10.3 Å². The lowest BCUT2D eigenvalue weighted by molar-refractivity contribution is 0.584. The quantitative estimate of drug-likeness (QED) is 0.284. The van der Waals surface area contributed by atoms with Crippen LogP contribution in [0.2, 0.25) is 15.3 Å². The highest BCUT2D eigenvalue weighted by molar-refractivity contribution is 6.33. The van der Waals surface area contributed by atoms with Crippen LogP contribution in [0, 0.1) is 11.9 Å². The van der Waals surface area contributed by atoms with Crippen LogP contribution >= 0.6 is 34.8 Å². The maximum absolute atomic E-state index is 13.4. The molecular formula is C23H15Cl3F2N4. The molecule has 0 aliphatic carbocycles. The predicted octanol–water partition coefficient (Wildman–Crippen LogP) is 7.16. The lowest BCUT2D eigenvalue weighted by Crippen LogP contribution is -2.22. The third kappa shape index (κ3) is 4.44. The number of halogens is 5. The van der Waals surface area contributed by atoms with Crippen LogP contribution in [-0.4, -0.2) is 19.9 Å². The van der Waals surface area contributed by atoms with Gasteiger partial charge in [0.2, 0.25) is 11.9 Å². The summed E-state index contributed by atoms with van der Waals surface area (Å²) in [6.45, 7) is 3.88. The van der Waals surface area contributed by atoms with Crippen molar-refractivity contribution in [3.8, 4) is 22.5 Å². The van der Waals surface area contributed by atoms with Crippen molar-refractivity contribution in [3.63, 3.8) is 0 Å². The van der Waals surface area contributed by atoms with Crippen molar-refractivity contribution in [1.82, 2.24) is 19.9 Å². The minimum Gasteiger partial charge on any atom is -0.252 e. The first kappa shape index (κ1) is 22.5. The Kier molecular flexibility index (Phi) is 6.12. The van der Waals surface area contributed by atoms with Crippen molar-refractivity contribution < 1.29 is 8.78 Å². The smallest absolute Gasteiger partial charge is 0.214 e. The molecule has 0 fully saturated rings. The third-order valence-corrected chi connectivity index (χ3v) is 5.80. The standard InChI is InChI=1S/C23H15Cl3F2N4/c1-23(2,17-5-3-4-15(29-17)13-6-8-19(27)31-21(13)25)18-11-12(24)10-16(30-18)14-7-9-20(28)32-22(14)26/h3-11H,1-2H3. The van der Waals surface area contributed by atoms with Gasteiger partial charge in [-0.1, -0.05) is 40.9 Å².